The zero-order valence-electron chi connectivity index (χ0n) is 12.8. The molecule has 0 spiro atoms. The van der Waals surface area contributed by atoms with Crippen LogP contribution in [0.25, 0.3) is 0 Å². The Kier molecular flexibility index (Phi) is 4.09. The number of hydrogen-bond donors (Lipinski definition) is 0. The average molecular weight is 333 g/mol. The summed E-state index contributed by atoms with van der Waals surface area (Å²) in [6.07, 6.45) is 3.69. The van der Waals surface area contributed by atoms with Crippen molar-refractivity contribution in [3.8, 4) is 11.6 Å². The van der Waals surface area contributed by atoms with E-state index in [0.717, 1.165) is 17.8 Å². The normalized spacial score (nSPS) is 20.2. The van der Waals surface area contributed by atoms with Crippen molar-refractivity contribution in [2.75, 3.05) is 6.54 Å². The van der Waals surface area contributed by atoms with Crippen LogP contribution in [0, 0.1) is 0 Å². The molecule has 1 unspecified atom stereocenters. The van der Waals surface area contributed by atoms with Crippen LogP contribution < -0.4 is 4.74 Å². The summed E-state index contributed by atoms with van der Waals surface area (Å²) in [4.78, 5) is 11.9. The summed E-state index contributed by atoms with van der Waals surface area (Å²) in [6.45, 7) is 2.53. The van der Waals surface area contributed by atoms with Crippen LogP contribution >= 0.6 is 0 Å². The Bertz CT molecular complexity index is 784. The molecule has 0 N–H and O–H groups in total. The third-order valence-corrected chi connectivity index (χ3v) is 3.70. The van der Waals surface area contributed by atoms with Gasteiger partial charge in [-0.15, -0.1) is 0 Å². The Morgan fingerprint density at radius 3 is 2.62 bits per heavy atom. The van der Waals surface area contributed by atoms with Gasteiger partial charge in [-0.05, 0) is 31.2 Å². The molecule has 0 saturated heterocycles. The number of alkyl halides is 3. The number of aromatic nitrogens is 2. The molecule has 3 heterocycles. The first-order valence-electron chi connectivity index (χ1n) is 7.23. The highest BCUT2D eigenvalue weighted by Crippen LogP contribution is 2.35. The number of pyridine rings is 2. The summed E-state index contributed by atoms with van der Waals surface area (Å²) >= 11 is 0. The Balaban J connectivity index is 1.89. The average Bonchev–Trinajstić information content (AvgIpc) is 2.56. The van der Waals surface area contributed by atoms with E-state index < -0.39 is 17.3 Å². The molecule has 1 aliphatic heterocycles. The van der Waals surface area contributed by atoms with Gasteiger partial charge in [0.05, 0.1) is 12.7 Å². The summed E-state index contributed by atoms with van der Waals surface area (Å²) in [5.74, 6) is 0.512. The molecule has 0 fully saturated rings. The number of aliphatic imine (C=N–C) groups is 1. The lowest BCUT2D eigenvalue weighted by molar-refractivity contribution is -0.141. The summed E-state index contributed by atoms with van der Waals surface area (Å²) in [6, 6.07) is 5.76. The predicted octanol–water partition coefficient (Wildman–Crippen LogP) is 4.19. The molecule has 0 bridgehead atoms. The lowest BCUT2D eigenvalue weighted by Crippen LogP contribution is -2.26. The molecule has 0 aromatic carbocycles. The molecule has 24 heavy (non-hydrogen) atoms. The fourth-order valence-electron chi connectivity index (χ4n) is 2.41. The van der Waals surface area contributed by atoms with Crippen molar-refractivity contribution < 1.29 is 17.9 Å². The van der Waals surface area contributed by atoms with Crippen molar-refractivity contribution in [2.24, 2.45) is 4.99 Å². The van der Waals surface area contributed by atoms with E-state index in [-0.39, 0.29) is 5.75 Å². The van der Waals surface area contributed by atoms with Crippen molar-refractivity contribution in [2.45, 2.75) is 18.5 Å². The van der Waals surface area contributed by atoms with E-state index >= 15 is 0 Å². The van der Waals surface area contributed by atoms with Crippen LogP contribution in [0.15, 0.2) is 53.8 Å². The highest BCUT2D eigenvalue weighted by Gasteiger charge is 2.32. The van der Waals surface area contributed by atoms with Gasteiger partial charge in [0.25, 0.3) is 0 Å². The van der Waals surface area contributed by atoms with Crippen LogP contribution in [-0.2, 0) is 11.6 Å². The molecule has 0 radical (unpaired) electrons. The largest absolute Gasteiger partial charge is 0.437 e. The van der Waals surface area contributed by atoms with Gasteiger partial charge in [0, 0.05) is 23.4 Å². The van der Waals surface area contributed by atoms with Crippen LogP contribution in [0.1, 0.15) is 18.2 Å². The summed E-state index contributed by atoms with van der Waals surface area (Å²) in [5, 5.41) is 0. The Morgan fingerprint density at radius 2 is 2.00 bits per heavy atom. The van der Waals surface area contributed by atoms with Crippen LogP contribution in [0.2, 0.25) is 0 Å². The third-order valence-electron chi connectivity index (χ3n) is 3.70. The van der Waals surface area contributed by atoms with Gasteiger partial charge in [0.2, 0.25) is 5.88 Å². The van der Waals surface area contributed by atoms with Gasteiger partial charge in [0.15, 0.2) is 0 Å². The van der Waals surface area contributed by atoms with Crippen molar-refractivity contribution in [3.05, 3.63) is 60.1 Å². The molecule has 2 aromatic rings. The first-order chi connectivity index (χ1) is 11.4. The minimum absolute atomic E-state index is 0.190. The van der Waals surface area contributed by atoms with E-state index in [9.17, 15) is 13.2 Å². The van der Waals surface area contributed by atoms with E-state index in [4.69, 9.17) is 4.74 Å². The third kappa shape index (κ3) is 3.29. The fourth-order valence-corrected chi connectivity index (χ4v) is 2.41. The van der Waals surface area contributed by atoms with E-state index in [1.54, 1.807) is 18.5 Å². The van der Waals surface area contributed by atoms with E-state index in [0.29, 0.717) is 12.4 Å². The topological polar surface area (TPSA) is 47.4 Å². The Labute approximate surface area is 136 Å². The molecule has 0 saturated carbocycles. The minimum Gasteiger partial charge on any atom is -0.437 e. The second-order valence-corrected chi connectivity index (χ2v) is 5.60. The summed E-state index contributed by atoms with van der Waals surface area (Å²) in [7, 11) is 0. The number of ether oxygens (including phenoxy) is 1. The van der Waals surface area contributed by atoms with Gasteiger partial charge >= 0.3 is 6.18 Å². The molecule has 1 atom stereocenters. The quantitative estimate of drug-likeness (QED) is 0.846. The zero-order chi connectivity index (χ0) is 17.2. The maximum Gasteiger partial charge on any atom is 0.433 e. The van der Waals surface area contributed by atoms with Crippen molar-refractivity contribution in [3.63, 3.8) is 0 Å². The van der Waals surface area contributed by atoms with E-state index in [1.165, 1.54) is 6.07 Å². The molecule has 1 aliphatic rings. The van der Waals surface area contributed by atoms with Crippen molar-refractivity contribution in [1.29, 1.82) is 0 Å². The number of allylic oxidation sites excluding steroid dienone is 1. The Hall–Kier alpha value is -2.70. The van der Waals surface area contributed by atoms with Gasteiger partial charge < -0.3 is 4.74 Å². The van der Waals surface area contributed by atoms with Crippen molar-refractivity contribution >= 4 is 6.21 Å². The zero-order valence-corrected chi connectivity index (χ0v) is 12.8. The maximum atomic E-state index is 12.6. The smallest absolute Gasteiger partial charge is 0.433 e. The molecule has 0 amide bonds. The van der Waals surface area contributed by atoms with Gasteiger partial charge in [-0.2, -0.15) is 13.2 Å². The van der Waals surface area contributed by atoms with E-state index in [1.807, 2.05) is 25.1 Å². The number of halogens is 3. The molecule has 7 heteroatoms. The lowest BCUT2D eigenvalue weighted by Gasteiger charge is -2.27. The monoisotopic (exact) mass is 333 g/mol. The van der Waals surface area contributed by atoms with Gasteiger partial charge in [-0.25, -0.2) is 9.97 Å². The van der Waals surface area contributed by atoms with Crippen LogP contribution in [0.4, 0.5) is 13.2 Å². The van der Waals surface area contributed by atoms with Gasteiger partial charge in [-0.1, -0.05) is 12.1 Å². The second-order valence-electron chi connectivity index (χ2n) is 5.60. The van der Waals surface area contributed by atoms with Gasteiger partial charge in [0.1, 0.15) is 11.4 Å². The highest BCUT2D eigenvalue weighted by molar-refractivity contribution is 5.73. The standard InChI is InChI=1S/C17H14F3N3O/c1-16(7-3-8-21-11-16)13-4-2-9-22-15(13)24-12-5-6-14(23-10-12)17(18,19)20/h2-10H,11H2,1H3. The van der Waals surface area contributed by atoms with Gasteiger partial charge in [-0.3, -0.25) is 4.99 Å². The molecular formula is C17H14F3N3O. The first-order valence-corrected chi connectivity index (χ1v) is 7.23. The fraction of sp³-hybridized carbons (Fsp3) is 0.235. The van der Waals surface area contributed by atoms with Crippen LogP contribution in [-0.4, -0.2) is 22.7 Å². The van der Waals surface area contributed by atoms with E-state index in [2.05, 4.69) is 15.0 Å². The number of nitrogens with zero attached hydrogens (tertiary/aromatic N) is 3. The molecule has 0 aliphatic carbocycles. The molecule has 124 valence electrons. The van der Waals surface area contributed by atoms with Crippen LogP contribution in [0.5, 0.6) is 11.6 Å². The minimum atomic E-state index is -4.48. The molecule has 2 aromatic heterocycles. The summed E-state index contributed by atoms with van der Waals surface area (Å²) < 4.78 is 43.4. The van der Waals surface area contributed by atoms with Crippen LogP contribution in [0.3, 0.4) is 0 Å². The van der Waals surface area contributed by atoms with Crippen molar-refractivity contribution in [1.82, 2.24) is 9.97 Å². The molecule has 4 nitrogen and oxygen atoms in total. The lowest BCUT2D eigenvalue weighted by atomic mass is 9.82. The SMILES string of the molecule is CC1(c2cccnc2Oc2ccc(C(F)(F)F)nc2)C=CC=NC1. The summed E-state index contributed by atoms with van der Waals surface area (Å²) in [5.41, 5.74) is -0.553. The number of rotatable bonds is 3. The molecule has 3 rings (SSSR count). The highest BCUT2D eigenvalue weighted by atomic mass is 19.4. The molecular weight excluding hydrogens is 319 g/mol. The number of dihydropyridines is 1. The first kappa shape index (κ1) is 16.2. The Morgan fingerprint density at radius 1 is 1.17 bits per heavy atom. The number of hydrogen-bond acceptors (Lipinski definition) is 4. The predicted molar refractivity (Wildman–Crippen MR) is 83.4 cm³/mol. The second kappa shape index (κ2) is 6.07. The maximum absolute atomic E-state index is 12.6.